The standard InChI is InChI=1S/C19H17F3N2O3S/c1-11-14-10-13(9-12-5-4-8-24(17(12)14)18(11)25)28(26,27)23-16-7-3-2-6-15(16)19(20,21)22/h2-3,6-7,9-11,23H,4-5,8H2,1H3/t11-/m0/s1. The van der Waals surface area contributed by atoms with Gasteiger partial charge in [0.15, 0.2) is 0 Å². The minimum absolute atomic E-state index is 0.0825. The third-order valence-corrected chi connectivity index (χ3v) is 6.52. The number of carbonyl (C=O) groups is 1. The second kappa shape index (κ2) is 6.23. The van der Waals surface area contributed by atoms with Crippen molar-refractivity contribution in [2.45, 2.75) is 36.8 Å². The molecule has 148 valence electrons. The Morgan fingerprint density at radius 1 is 1.18 bits per heavy atom. The summed E-state index contributed by atoms with van der Waals surface area (Å²) in [4.78, 5) is 14.0. The van der Waals surface area contributed by atoms with E-state index in [2.05, 4.69) is 4.72 Å². The molecular weight excluding hydrogens is 393 g/mol. The normalized spacial score (nSPS) is 18.9. The minimum Gasteiger partial charge on any atom is -0.311 e. The lowest BCUT2D eigenvalue weighted by Crippen LogP contribution is -2.32. The van der Waals surface area contributed by atoms with Gasteiger partial charge in [-0.15, -0.1) is 0 Å². The van der Waals surface area contributed by atoms with Crippen molar-refractivity contribution in [2.75, 3.05) is 16.2 Å². The number of hydrogen-bond donors (Lipinski definition) is 1. The first-order valence-electron chi connectivity index (χ1n) is 8.77. The molecule has 5 nitrogen and oxygen atoms in total. The maximum atomic E-state index is 13.2. The van der Waals surface area contributed by atoms with E-state index in [0.29, 0.717) is 24.9 Å². The van der Waals surface area contributed by atoms with Crippen LogP contribution in [0.15, 0.2) is 41.3 Å². The summed E-state index contributed by atoms with van der Waals surface area (Å²) in [6.45, 7) is 2.30. The lowest BCUT2D eigenvalue weighted by Gasteiger charge is -2.26. The maximum absolute atomic E-state index is 13.2. The van der Waals surface area contributed by atoms with Gasteiger partial charge in [0.1, 0.15) is 0 Å². The molecule has 1 amide bonds. The molecule has 1 atom stereocenters. The zero-order valence-corrected chi connectivity index (χ0v) is 15.7. The molecule has 0 spiro atoms. The number of aryl methyl sites for hydroxylation is 1. The van der Waals surface area contributed by atoms with Gasteiger partial charge in [0.2, 0.25) is 5.91 Å². The van der Waals surface area contributed by atoms with Gasteiger partial charge in [0.05, 0.1) is 27.8 Å². The highest BCUT2D eigenvalue weighted by Crippen LogP contribution is 2.44. The van der Waals surface area contributed by atoms with Gasteiger partial charge in [-0.05, 0) is 55.2 Å². The summed E-state index contributed by atoms with van der Waals surface area (Å²) in [7, 11) is -4.26. The molecule has 2 aromatic carbocycles. The Hall–Kier alpha value is -2.55. The highest BCUT2D eigenvalue weighted by Gasteiger charge is 2.39. The fourth-order valence-electron chi connectivity index (χ4n) is 3.84. The van der Waals surface area contributed by atoms with Crippen LogP contribution in [0.25, 0.3) is 0 Å². The predicted molar refractivity (Wildman–Crippen MR) is 97.8 cm³/mol. The third-order valence-electron chi connectivity index (χ3n) is 5.18. The first kappa shape index (κ1) is 18.8. The van der Waals surface area contributed by atoms with Crippen LogP contribution in [0.2, 0.25) is 0 Å². The van der Waals surface area contributed by atoms with E-state index in [1.54, 1.807) is 11.8 Å². The summed E-state index contributed by atoms with van der Waals surface area (Å²) in [6, 6.07) is 7.27. The van der Waals surface area contributed by atoms with Crippen molar-refractivity contribution in [1.29, 1.82) is 0 Å². The molecule has 2 heterocycles. The number of alkyl halides is 3. The van der Waals surface area contributed by atoms with Gasteiger partial charge in [-0.1, -0.05) is 12.1 Å². The molecule has 4 rings (SSSR count). The fourth-order valence-corrected chi connectivity index (χ4v) is 5.01. The zero-order valence-electron chi connectivity index (χ0n) is 14.9. The first-order chi connectivity index (χ1) is 13.1. The summed E-state index contributed by atoms with van der Waals surface area (Å²) in [5.41, 5.74) is 0.488. The Bertz CT molecular complexity index is 1080. The lowest BCUT2D eigenvalue weighted by atomic mass is 9.97. The molecule has 0 saturated carbocycles. The van der Waals surface area contributed by atoms with Crippen LogP contribution in [0.3, 0.4) is 0 Å². The number of rotatable bonds is 3. The summed E-state index contributed by atoms with van der Waals surface area (Å²) in [5, 5.41) is 0. The van der Waals surface area contributed by atoms with Crippen molar-refractivity contribution in [3.63, 3.8) is 0 Å². The van der Waals surface area contributed by atoms with Gasteiger partial charge in [0.25, 0.3) is 10.0 Å². The van der Waals surface area contributed by atoms with E-state index in [9.17, 15) is 26.4 Å². The number of anilines is 2. The van der Waals surface area contributed by atoms with Crippen LogP contribution in [-0.4, -0.2) is 20.9 Å². The molecule has 2 aliphatic rings. The maximum Gasteiger partial charge on any atom is 0.418 e. The highest BCUT2D eigenvalue weighted by molar-refractivity contribution is 7.92. The van der Waals surface area contributed by atoms with Crippen LogP contribution in [-0.2, 0) is 27.4 Å². The summed E-state index contributed by atoms with van der Waals surface area (Å²) < 4.78 is 67.4. The number of para-hydroxylation sites is 1. The van der Waals surface area contributed by atoms with E-state index < -0.39 is 33.4 Å². The molecule has 28 heavy (non-hydrogen) atoms. The van der Waals surface area contributed by atoms with Crippen molar-refractivity contribution in [3.8, 4) is 0 Å². The number of nitrogens with zero attached hydrogens (tertiary/aromatic N) is 1. The number of amides is 1. The number of benzene rings is 2. The average molecular weight is 410 g/mol. The average Bonchev–Trinajstić information content (AvgIpc) is 2.88. The van der Waals surface area contributed by atoms with Crippen LogP contribution in [0.4, 0.5) is 24.5 Å². The molecule has 2 aromatic rings. The Morgan fingerprint density at radius 2 is 1.89 bits per heavy atom. The molecule has 0 saturated heterocycles. The van der Waals surface area contributed by atoms with E-state index in [0.717, 1.165) is 23.4 Å². The molecule has 0 aromatic heterocycles. The van der Waals surface area contributed by atoms with E-state index >= 15 is 0 Å². The third kappa shape index (κ3) is 2.94. The van der Waals surface area contributed by atoms with Gasteiger partial charge in [-0.2, -0.15) is 13.2 Å². The smallest absolute Gasteiger partial charge is 0.311 e. The summed E-state index contributed by atoms with van der Waals surface area (Å²) in [5.74, 6) is -0.565. The molecule has 0 aliphatic carbocycles. The van der Waals surface area contributed by atoms with Gasteiger partial charge >= 0.3 is 6.18 Å². The zero-order chi connectivity index (χ0) is 20.3. The van der Waals surface area contributed by atoms with Crippen molar-refractivity contribution < 1.29 is 26.4 Å². The number of halogens is 3. The topological polar surface area (TPSA) is 66.5 Å². The summed E-state index contributed by atoms with van der Waals surface area (Å²) in [6.07, 6.45) is -3.37. The van der Waals surface area contributed by atoms with Crippen LogP contribution < -0.4 is 9.62 Å². The number of sulfonamides is 1. The SMILES string of the molecule is C[C@@H]1C(=O)N2CCCc3cc(S(=O)(=O)Nc4ccccc4C(F)(F)F)cc1c32. The number of nitrogens with one attached hydrogen (secondary N) is 1. The quantitative estimate of drug-likeness (QED) is 0.835. The Morgan fingerprint density at radius 3 is 2.61 bits per heavy atom. The van der Waals surface area contributed by atoms with E-state index in [1.807, 2.05) is 0 Å². The van der Waals surface area contributed by atoms with Crippen LogP contribution >= 0.6 is 0 Å². The minimum atomic E-state index is -4.69. The van der Waals surface area contributed by atoms with Gasteiger partial charge < -0.3 is 4.90 Å². The Kier molecular flexibility index (Phi) is 4.18. The largest absolute Gasteiger partial charge is 0.418 e. The second-order valence-corrected chi connectivity index (χ2v) is 8.67. The van der Waals surface area contributed by atoms with Crippen LogP contribution in [0.5, 0.6) is 0 Å². The molecule has 0 radical (unpaired) electrons. The van der Waals surface area contributed by atoms with Crippen LogP contribution in [0.1, 0.15) is 36.0 Å². The van der Waals surface area contributed by atoms with Crippen molar-refractivity contribution in [1.82, 2.24) is 0 Å². The second-order valence-electron chi connectivity index (χ2n) is 6.98. The molecule has 0 fully saturated rings. The fraction of sp³-hybridized carbons (Fsp3) is 0.316. The molecule has 1 N–H and O–H groups in total. The van der Waals surface area contributed by atoms with Crippen molar-refractivity contribution in [2.24, 2.45) is 0 Å². The Balaban J connectivity index is 1.78. The number of hydrogen-bond acceptors (Lipinski definition) is 3. The van der Waals surface area contributed by atoms with Gasteiger partial charge in [-0.25, -0.2) is 8.42 Å². The molecule has 9 heteroatoms. The Labute approximate surface area is 160 Å². The van der Waals surface area contributed by atoms with E-state index in [1.165, 1.54) is 24.3 Å². The van der Waals surface area contributed by atoms with Crippen molar-refractivity contribution in [3.05, 3.63) is 53.1 Å². The highest BCUT2D eigenvalue weighted by atomic mass is 32.2. The van der Waals surface area contributed by atoms with Crippen LogP contribution in [0, 0.1) is 0 Å². The predicted octanol–water partition coefficient (Wildman–Crippen LogP) is 3.90. The summed E-state index contributed by atoms with van der Waals surface area (Å²) >= 11 is 0. The first-order valence-corrected chi connectivity index (χ1v) is 10.2. The molecular formula is C19H17F3N2O3S. The van der Waals surface area contributed by atoms with Gasteiger partial charge in [0, 0.05) is 6.54 Å². The van der Waals surface area contributed by atoms with Crippen molar-refractivity contribution >= 4 is 27.3 Å². The van der Waals surface area contributed by atoms with E-state index in [4.69, 9.17) is 0 Å². The molecule has 0 bridgehead atoms. The molecule has 2 aliphatic heterocycles. The monoisotopic (exact) mass is 410 g/mol. The van der Waals surface area contributed by atoms with Gasteiger partial charge in [-0.3, -0.25) is 9.52 Å². The van der Waals surface area contributed by atoms with E-state index in [-0.39, 0.29) is 10.8 Å². The lowest BCUT2D eigenvalue weighted by molar-refractivity contribution is -0.136. The number of carbonyl (C=O) groups excluding carboxylic acids is 1. The molecule has 0 unspecified atom stereocenters.